The summed E-state index contributed by atoms with van der Waals surface area (Å²) < 4.78 is 22.7. The molecule has 0 aliphatic rings. The quantitative estimate of drug-likeness (QED) is 0.218. The number of nitrogens with zero attached hydrogens (tertiary/aromatic N) is 6. The van der Waals surface area contributed by atoms with Crippen LogP contribution < -0.4 is 10.5 Å². The fraction of sp³-hybridized carbons (Fsp3) is 0.138. The molecule has 0 radical (unpaired) electrons. The van der Waals surface area contributed by atoms with E-state index in [0.717, 1.165) is 0 Å². The van der Waals surface area contributed by atoms with E-state index >= 15 is 4.39 Å². The molecule has 0 atom stereocenters. The molecule has 0 spiro atoms. The summed E-state index contributed by atoms with van der Waals surface area (Å²) in [5.41, 5.74) is 10.8. The lowest BCUT2D eigenvalue weighted by Crippen LogP contribution is -1.99. The van der Waals surface area contributed by atoms with E-state index in [1.807, 2.05) is 6.92 Å². The SMILES string of the molecule is C#C/C(=C/C(C)=C(\C#C)c1c(-c2ccc(Oc3nccc(C)n3)c(F)c2)c2c(N)ncnc2n1C)N=CC. The lowest BCUT2D eigenvalue weighted by molar-refractivity contribution is 0.410. The fourth-order valence-electron chi connectivity index (χ4n) is 4.06. The van der Waals surface area contributed by atoms with Gasteiger partial charge in [-0.15, -0.1) is 12.8 Å². The van der Waals surface area contributed by atoms with Gasteiger partial charge in [0.05, 0.1) is 16.7 Å². The van der Waals surface area contributed by atoms with Crippen molar-refractivity contribution in [2.24, 2.45) is 12.0 Å². The lowest BCUT2D eigenvalue weighted by atomic mass is 9.96. The largest absolute Gasteiger partial charge is 0.421 e. The van der Waals surface area contributed by atoms with Crippen LogP contribution in [-0.4, -0.2) is 30.7 Å². The lowest BCUT2D eigenvalue weighted by Gasteiger charge is -2.12. The van der Waals surface area contributed by atoms with Gasteiger partial charge in [-0.2, -0.15) is 0 Å². The number of halogens is 1. The fourth-order valence-corrected chi connectivity index (χ4v) is 4.06. The number of benzene rings is 1. The zero-order valence-corrected chi connectivity index (χ0v) is 21.3. The van der Waals surface area contributed by atoms with Gasteiger partial charge in [0.1, 0.15) is 23.5 Å². The minimum atomic E-state index is -0.624. The number of anilines is 1. The molecule has 0 bridgehead atoms. The van der Waals surface area contributed by atoms with Gasteiger partial charge in [0, 0.05) is 30.7 Å². The molecule has 2 N–H and O–H groups in total. The molecule has 0 unspecified atom stereocenters. The topological polar surface area (TPSA) is 104 Å². The number of aromatic nitrogens is 5. The highest BCUT2D eigenvalue weighted by Gasteiger charge is 2.24. The van der Waals surface area contributed by atoms with Crippen LogP contribution in [0.5, 0.6) is 11.8 Å². The minimum Gasteiger partial charge on any atom is -0.421 e. The van der Waals surface area contributed by atoms with Gasteiger partial charge >= 0.3 is 6.01 Å². The summed E-state index contributed by atoms with van der Waals surface area (Å²) >= 11 is 0. The predicted molar refractivity (Wildman–Crippen MR) is 148 cm³/mol. The summed E-state index contributed by atoms with van der Waals surface area (Å²) in [4.78, 5) is 21.0. The summed E-state index contributed by atoms with van der Waals surface area (Å²) in [5, 5.41) is 0.536. The van der Waals surface area contributed by atoms with Gasteiger partial charge in [0.2, 0.25) is 0 Å². The average Bonchev–Trinajstić information content (AvgIpc) is 3.19. The first kappa shape index (κ1) is 25.8. The molecule has 0 amide bonds. The molecule has 4 rings (SSSR count). The molecular formula is C29H24FN7O. The molecule has 3 heterocycles. The van der Waals surface area contributed by atoms with Crippen LogP contribution in [0.1, 0.15) is 25.2 Å². The molecule has 188 valence electrons. The Balaban J connectivity index is 1.96. The molecular weight excluding hydrogens is 481 g/mol. The first-order valence-corrected chi connectivity index (χ1v) is 11.5. The minimum absolute atomic E-state index is 0.0340. The number of aliphatic imine (C=N–C) groups is 1. The third kappa shape index (κ3) is 4.86. The van der Waals surface area contributed by atoms with E-state index in [9.17, 15) is 0 Å². The van der Waals surface area contributed by atoms with Crippen LogP contribution in [-0.2, 0) is 7.05 Å². The number of terminal acetylenes is 2. The van der Waals surface area contributed by atoms with Gasteiger partial charge in [0.15, 0.2) is 11.6 Å². The maximum Gasteiger partial charge on any atom is 0.322 e. The number of nitrogens with two attached hydrogens (primary N) is 1. The molecule has 0 aliphatic carbocycles. The Labute approximate surface area is 219 Å². The second-order valence-corrected chi connectivity index (χ2v) is 8.23. The van der Waals surface area contributed by atoms with Crippen molar-refractivity contribution in [2.75, 3.05) is 5.73 Å². The van der Waals surface area contributed by atoms with E-state index in [4.69, 9.17) is 23.3 Å². The van der Waals surface area contributed by atoms with Crippen molar-refractivity contribution in [3.8, 4) is 47.6 Å². The summed E-state index contributed by atoms with van der Waals surface area (Å²) in [7, 11) is 1.80. The number of hydrogen-bond donors (Lipinski definition) is 1. The molecule has 0 aliphatic heterocycles. The van der Waals surface area contributed by atoms with E-state index in [1.54, 1.807) is 49.9 Å². The molecule has 38 heavy (non-hydrogen) atoms. The number of aryl methyl sites for hydroxylation is 2. The van der Waals surface area contributed by atoms with Crippen molar-refractivity contribution in [1.29, 1.82) is 0 Å². The normalized spacial score (nSPS) is 12.3. The van der Waals surface area contributed by atoms with Gasteiger partial charge in [-0.05, 0) is 56.2 Å². The van der Waals surface area contributed by atoms with Crippen LogP contribution >= 0.6 is 0 Å². The number of fused-ring (bicyclic) bond motifs is 1. The maximum absolute atomic E-state index is 15.4. The molecule has 0 fully saturated rings. The second-order valence-electron chi connectivity index (χ2n) is 8.23. The smallest absolute Gasteiger partial charge is 0.322 e. The number of rotatable bonds is 6. The van der Waals surface area contributed by atoms with E-state index < -0.39 is 5.82 Å². The summed E-state index contributed by atoms with van der Waals surface area (Å²) in [6.45, 7) is 5.38. The van der Waals surface area contributed by atoms with Crippen molar-refractivity contribution in [1.82, 2.24) is 24.5 Å². The summed E-state index contributed by atoms with van der Waals surface area (Å²) in [5.74, 6) is 4.86. The Morgan fingerprint density at radius 1 is 1.18 bits per heavy atom. The van der Waals surface area contributed by atoms with Crippen molar-refractivity contribution in [2.45, 2.75) is 20.8 Å². The monoisotopic (exact) mass is 505 g/mol. The Kier molecular flexibility index (Phi) is 7.31. The van der Waals surface area contributed by atoms with Crippen LogP contribution in [0.4, 0.5) is 10.2 Å². The summed E-state index contributed by atoms with van der Waals surface area (Å²) in [6, 6.07) is 6.29. The third-order valence-electron chi connectivity index (χ3n) is 5.74. The van der Waals surface area contributed by atoms with Gasteiger partial charge in [-0.25, -0.2) is 24.3 Å². The van der Waals surface area contributed by atoms with E-state index in [1.165, 1.54) is 24.7 Å². The highest BCUT2D eigenvalue weighted by molar-refractivity contribution is 6.07. The zero-order valence-electron chi connectivity index (χ0n) is 21.3. The summed E-state index contributed by atoms with van der Waals surface area (Å²) in [6.07, 6.45) is 17.8. The standard InChI is InChI=1S/C29H24FN7O/c1-7-20(32-9-3)14-17(4)21(8-2)26-24(25-27(31)34-16-35-28(25)37(26)6)19-10-11-23(22(30)15-19)38-29-33-13-12-18(5)36-29/h1-2,9-16H,3-6H3,(H2,31,34,35)/b20-14-,21-17+,32-9?. The molecule has 0 saturated carbocycles. The van der Waals surface area contributed by atoms with Gasteiger partial charge in [0.25, 0.3) is 0 Å². The van der Waals surface area contributed by atoms with Gasteiger partial charge in [-0.3, -0.25) is 4.99 Å². The van der Waals surface area contributed by atoms with Crippen molar-refractivity contribution < 1.29 is 9.13 Å². The first-order chi connectivity index (χ1) is 18.3. The highest BCUT2D eigenvalue weighted by atomic mass is 19.1. The van der Waals surface area contributed by atoms with Crippen LogP contribution in [0.25, 0.3) is 27.7 Å². The van der Waals surface area contributed by atoms with Crippen LogP contribution in [0, 0.1) is 37.4 Å². The zero-order chi connectivity index (χ0) is 27.4. The number of allylic oxidation sites excluding steroid dienone is 4. The van der Waals surface area contributed by atoms with Gasteiger partial charge < -0.3 is 15.0 Å². The highest BCUT2D eigenvalue weighted by Crippen LogP contribution is 2.41. The van der Waals surface area contributed by atoms with Crippen molar-refractivity contribution in [3.63, 3.8) is 0 Å². The molecule has 1 aromatic carbocycles. The third-order valence-corrected chi connectivity index (χ3v) is 5.74. The average molecular weight is 506 g/mol. The molecule has 9 heteroatoms. The molecule has 3 aromatic heterocycles. The Hall–Kier alpha value is -5.28. The number of hydrogen-bond acceptors (Lipinski definition) is 7. The van der Waals surface area contributed by atoms with E-state index in [2.05, 4.69) is 36.8 Å². The molecule has 0 saturated heterocycles. The van der Waals surface area contributed by atoms with E-state index in [0.29, 0.717) is 50.4 Å². The second kappa shape index (κ2) is 10.8. The molecule has 4 aromatic rings. The maximum atomic E-state index is 15.4. The van der Waals surface area contributed by atoms with E-state index in [-0.39, 0.29) is 17.6 Å². The van der Waals surface area contributed by atoms with Crippen molar-refractivity contribution in [3.05, 3.63) is 71.3 Å². The van der Waals surface area contributed by atoms with Crippen molar-refractivity contribution >= 4 is 28.6 Å². The van der Waals surface area contributed by atoms with Crippen LogP contribution in [0.15, 0.2) is 59.1 Å². The first-order valence-electron chi connectivity index (χ1n) is 11.5. The number of nitrogen functional groups attached to an aromatic ring is 1. The Morgan fingerprint density at radius 3 is 2.63 bits per heavy atom. The van der Waals surface area contributed by atoms with Crippen LogP contribution in [0.3, 0.4) is 0 Å². The van der Waals surface area contributed by atoms with Crippen LogP contribution in [0.2, 0.25) is 0 Å². The van der Waals surface area contributed by atoms with Gasteiger partial charge in [-0.1, -0.05) is 17.9 Å². The molecule has 8 nitrogen and oxygen atoms in total. The predicted octanol–water partition coefficient (Wildman–Crippen LogP) is 5.26. The Morgan fingerprint density at radius 2 is 1.97 bits per heavy atom. The number of ether oxygens (including phenoxy) is 1. The Bertz CT molecular complexity index is 1730.